The number of aromatic nitrogens is 3. The number of benzene rings is 1. The fraction of sp³-hybridized carbons (Fsp3) is 0.267. The van der Waals surface area contributed by atoms with Crippen LogP contribution in [0.15, 0.2) is 33.7 Å². The van der Waals surface area contributed by atoms with Crippen molar-refractivity contribution in [3.63, 3.8) is 0 Å². The summed E-state index contributed by atoms with van der Waals surface area (Å²) < 4.78 is 19.1. The Kier molecular flexibility index (Phi) is 2.90. The lowest BCUT2D eigenvalue weighted by Gasteiger charge is -2.11. The molecule has 21 heavy (non-hydrogen) atoms. The molecule has 2 heterocycles. The van der Waals surface area contributed by atoms with Crippen molar-refractivity contribution in [3.8, 4) is 11.5 Å². The summed E-state index contributed by atoms with van der Waals surface area (Å²) >= 11 is 0. The van der Waals surface area contributed by atoms with E-state index in [1.807, 2.05) is 20.8 Å². The standard InChI is InChI=1S/C15H14FN3O2/c1-15(2,3)14-18-10(7-21-14)12-17-9-6-4-5-8(16)11(9)13(20)19-12/h4-7H,1-3H3,(H,17,19,20). The van der Waals surface area contributed by atoms with E-state index in [2.05, 4.69) is 15.0 Å². The van der Waals surface area contributed by atoms with Gasteiger partial charge in [-0.05, 0) is 12.1 Å². The maximum Gasteiger partial charge on any atom is 0.262 e. The van der Waals surface area contributed by atoms with Crippen LogP contribution in [0.2, 0.25) is 0 Å². The fourth-order valence-electron chi connectivity index (χ4n) is 2.00. The molecule has 0 unspecified atom stereocenters. The molecule has 108 valence electrons. The maximum atomic E-state index is 13.6. The maximum absolute atomic E-state index is 13.6. The highest BCUT2D eigenvalue weighted by Gasteiger charge is 2.21. The van der Waals surface area contributed by atoms with Crippen molar-refractivity contribution in [3.05, 3.63) is 46.5 Å². The number of halogens is 1. The molecule has 5 nitrogen and oxygen atoms in total. The Bertz CT molecular complexity index is 874. The molecule has 1 N–H and O–H groups in total. The summed E-state index contributed by atoms with van der Waals surface area (Å²) in [5, 5.41) is -0.0548. The number of fused-ring (bicyclic) bond motifs is 1. The highest BCUT2D eigenvalue weighted by atomic mass is 19.1. The molecule has 0 saturated heterocycles. The van der Waals surface area contributed by atoms with Crippen LogP contribution in [0.1, 0.15) is 26.7 Å². The molecular formula is C15H14FN3O2. The Morgan fingerprint density at radius 1 is 1.24 bits per heavy atom. The number of oxazole rings is 1. The van der Waals surface area contributed by atoms with Crippen LogP contribution in [0.5, 0.6) is 0 Å². The number of nitrogens with zero attached hydrogens (tertiary/aromatic N) is 2. The molecule has 0 aliphatic carbocycles. The first-order valence-electron chi connectivity index (χ1n) is 6.51. The molecule has 0 fully saturated rings. The van der Waals surface area contributed by atoms with Gasteiger partial charge < -0.3 is 9.40 Å². The summed E-state index contributed by atoms with van der Waals surface area (Å²) in [6.45, 7) is 5.90. The van der Waals surface area contributed by atoms with Gasteiger partial charge in [0.25, 0.3) is 5.56 Å². The van der Waals surface area contributed by atoms with Gasteiger partial charge >= 0.3 is 0 Å². The molecule has 0 spiro atoms. The molecule has 0 radical (unpaired) electrons. The fourth-order valence-corrected chi connectivity index (χ4v) is 2.00. The second-order valence-corrected chi connectivity index (χ2v) is 5.84. The van der Waals surface area contributed by atoms with Gasteiger partial charge in [-0.25, -0.2) is 14.4 Å². The molecule has 0 saturated carbocycles. The number of hydrogen-bond donors (Lipinski definition) is 1. The zero-order valence-electron chi connectivity index (χ0n) is 11.9. The van der Waals surface area contributed by atoms with E-state index >= 15 is 0 Å². The molecule has 0 atom stereocenters. The summed E-state index contributed by atoms with van der Waals surface area (Å²) in [4.78, 5) is 23.1. The van der Waals surface area contributed by atoms with Crippen molar-refractivity contribution in [2.24, 2.45) is 0 Å². The predicted molar refractivity (Wildman–Crippen MR) is 76.5 cm³/mol. The first-order chi connectivity index (χ1) is 9.86. The first-order valence-corrected chi connectivity index (χ1v) is 6.51. The van der Waals surface area contributed by atoms with Gasteiger partial charge in [0.2, 0.25) is 0 Å². The van der Waals surface area contributed by atoms with Crippen LogP contribution in [0.3, 0.4) is 0 Å². The molecule has 0 aliphatic heterocycles. The second-order valence-electron chi connectivity index (χ2n) is 5.84. The van der Waals surface area contributed by atoms with E-state index in [-0.39, 0.29) is 22.1 Å². The van der Waals surface area contributed by atoms with E-state index in [9.17, 15) is 9.18 Å². The zero-order valence-corrected chi connectivity index (χ0v) is 11.9. The molecular weight excluding hydrogens is 273 g/mol. The van der Waals surface area contributed by atoms with Crippen LogP contribution in [-0.2, 0) is 5.41 Å². The largest absolute Gasteiger partial charge is 0.448 e. The average molecular weight is 287 g/mol. The lowest BCUT2D eigenvalue weighted by Crippen LogP contribution is -2.13. The highest BCUT2D eigenvalue weighted by Crippen LogP contribution is 2.24. The second kappa shape index (κ2) is 4.51. The number of hydrogen-bond acceptors (Lipinski definition) is 4. The number of rotatable bonds is 1. The minimum absolute atomic E-state index is 0.0548. The number of aromatic amines is 1. The van der Waals surface area contributed by atoms with Crippen LogP contribution < -0.4 is 5.56 Å². The smallest absolute Gasteiger partial charge is 0.262 e. The van der Waals surface area contributed by atoms with Gasteiger partial charge in [0.1, 0.15) is 23.2 Å². The lowest BCUT2D eigenvalue weighted by atomic mass is 9.97. The Labute approximate surface area is 119 Å². The van der Waals surface area contributed by atoms with Crippen molar-refractivity contribution < 1.29 is 8.81 Å². The van der Waals surface area contributed by atoms with Gasteiger partial charge in [0, 0.05) is 5.41 Å². The van der Waals surface area contributed by atoms with Crippen molar-refractivity contribution in [2.45, 2.75) is 26.2 Å². The zero-order chi connectivity index (χ0) is 15.2. The molecule has 1 aromatic carbocycles. The number of nitrogens with one attached hydrogen (secondary N) is 1. The third-order valence-electron chi connectivity index (χ3n) is 3.07. The summed E-state index contributed by atoms with van der Waals surface area (Å²) in [5.74, 6) is 0.208. The topological polar surface area (TPSA) is 71.8 Å². The van der Waals surface area contributed by atoms with Crippen LogP contribution in [0, 0.1) is 5.82 Å². The monoisotopic (exact) mass is 287 g/mol. The van der Waals surface area contributed by atoms with Gasteiger partial charge in [0.15, 0.2) is 11.7 Å². The summed E-state index contributed by atoms with van der Waals surface area (Å²) in [6.07, 6.45) is 1.43. The third-order valence-corrected chi connectivity index (χ3v) is 3.07. The van der Waals surface area contributed by atoms with Crippen LogP contribution >= 0.6 is 0 Å². The lowest BCUT2D eigenvalue weighted by molar-refractivity contribution is 0.392. The van der Waals surface area contributed by atoms with E-state index in [1.165, 1.54) is 18.4 Å². The highest BCUT2D eigenvalue weighted by molar-refractivity contribution is 5.79. The van der Waals surface area contributed by atoms with Gasteiger partial charge in [-0.1, -0.05) is 26.8 Å². The Hall–Kier alpha value is -2.50. The third kappa shape index (κ3) is 2.33. The predicted octanol–water partition coefficient (Wildman–Crippen LogP) is 3.01. The van der Waals surface area contributed by atoms with Crippen LogP contribution in [0.25, 0.3) is 22.4 Å². The van der Waals surface area contributed by atoms with Crippen LogP contribution in [-0.4, -0.2) is 15.0 Å². The first kappa shape index (κ1) is 13.5. The van der Waals surface area contributed by atoms with Crippen molar-refractivity contribution in [1.29, 1.82) is 0 Å². The van der Waals surface area contributed by atoms with Crippen LogP contribution in [0.4, 0.5) is 4.39 Å². The Balaban J connectivity index is 2.18. The summed E-state index contributed by atoms with van der Waals surface area (Å²) in [6, 6.07) is 4.33. The molecule has 3 aromatic rings. The molecule has 6 heteroatoms. The Morgan fingerprint density at radius 3 is 2.67 bits per heavy atom. The molecule has 0 aliphatic rings. The summed E-state index contributed by atoms with van der Waals surface area (Å²) in [7, 11) is 0. The average Bonchev–Trinajstić information content (AvgIpc) is 2.87. The van der Waals surface area contributed by atoms with Gasteiger partial charge in [-0.3, -0.25) is 4.79 Å². The summed E-state index contributed by atoms with van der Waals surface area (Å²) in [5.41, 5.74) is -0.0766. The SMILES string of the molecule is CC(C)(C)c1nc(-c2nc3cccc(F)c3c(=O)[nH]2)co1. The normalized spacial score (nSPS) is 12.0. The van der Waals surface area contributed by atoms with E-state index in [0.29, 0.717) is 11.6 Å². The van der Waals surface area contributed by atoms with Gasteiger partial charge in [0.05, 0.1) is 5.52 Å². The molecule has 2 aromatic heterocycles. The molecule has 0 amide bonds. The van der Waals surface area contributed by atoms with Gasteiger partial charge in [-0.15, -0.1) is 0 Å². The Morgan fingerprint density at radius 2 is 2.00 bits per heavy atom. The number of H-pyrrole nitrogens is 1. The molecule has 0 bridgehead atoms. The minimum atomic E-state index is -0.594. The minimum Gasteiger partial charge on any atom is -0.448 e. The van der Waals surface area contributed by atoms with E-state index in [1.54, 1.807) is 6.07 Å². The van der Waals surface area contributed by atoms with E-state index < -0.39 is 11.4 Å². The quantitative estimate of drug-likeness (QED) is 0.746. The molecule has 3 rings (SSSR count). The van der Waals surface area contributed by atoms with Crippen molar-refractivity contribution >= 4 is 10.9 Å². The van der Waals surface area contributed by atoms with Crippen molar-refractivity contribution in [2.75, 3.05) is 0 Å². The van der Waals surface area contributed by atoms with E-state index in [0.717, 1.165) is 0 Å². The van der Waals surface area contributed by atoms with Crippen molar-refractivity contribution in [1.82, 2.24) is 15.0 Å². The van der Waals surface area contributed by atoms with Gasteiger partial charge in [-0.2, -0.15) is 0 Å². The van der Waals surface area contributed by atoms with E-state index in [4.69, 9.17) is 4.42 Å².